The quantitative estimate of drug-likeness (QED) is 0.240. The number of carbonyl (C=O) groups is 1. The Balaban J connectivity index is 2.01. The number of methoxy groups -OCH3 is 1. The summed E-state index contributed by atoms with van der Waals surface area (Å²) >= 11 is 13.3. The lowest BCUT2D eigenvalue weighted by Crippen LogP contribution is -2.68. The minimum absolute atomic E-state index is 0.178. The second-order valence-corrected chi connectivity index (χ2v) is 14.7. The summed E-state index contributed by atoms with van der Waals surface area (Å²) in [6.07, 6.45) is -0.419. The molecule has 0 aliphatic carbocycles. The van der Waals surface area contributed by atoms with Gasteiger partial charge in [-0.25, -0.2) is 4.79 Å². The van der Waals surface area contributed by atoms with Crippen LogP contribution >= 0.6 is 35.2 Å². The first kappa shape index (κ1) is 25.6. The first-order valence-electron chi connectivity index (χ1n) is 10.6. The van der Waals surface area contributed by atoms with E-state index in [0.717, 1.165) is 0 Å². The molecule has 1 aromatic heterocycles. The Morgan fingerprint density at radius 1 is 1.06 bits per heavy atom. The van der Waals surface area contributed by atoms with Crippen molar-refractivity contribution in [1.82, 2.24) is 0 Å². The van der Waals surface area contributed by atoms with Crippen LogP contribution in [0.1, 0.15) is 38.1 Å². The van der Waals surface area contributed by atoms with E-state index in [2.05, 4.69) is 50.4 Å². The topological polar surface area (TPSA) is 47.6 Å². The fourth-order valence-electron chi connectivity index (χ4n) is 3.94. The molecule has 4 nitrogen and oxygen atoms in total. The maximum absolute atomic E-state index is 12.2. The third-order valence-corrected chi connectivity index (χ3v) is 12.4. The SMILES string of the molecule is COC(=O)c1c(Cl)csc1NC(=S)C(C)O[Si](c1ccccc1)(c1ccccc1)C(C)(C)C. The number of hydrogen-bond donors (Lipinski definition) is 1. The van der Waals surface area contributed by atoms with Gasteiger partial charge in [-0.3, -0.25) is 0 Å². The predicted molar refractivity (Wildman–Crippen MR) is 145 cm³/mol. The number of halogens is 1. The third kappa shape index (κ3) is 5.23. The summed E-state index contributed by atoms with van der Waals surface area (Å²) in [6.45, 7) is 8.60. The largest absolute Gasteiger partial charge is 0.465 e. The number of carbonyl (C=O) groups excluding carboxylic acids is 1. The summed E-state index contributed by atoms with van der Waals surface area (Å²) in [5.74, 6) is -0.507. The molecule has 3 aromatic rings. The molecular formula is C25H28ClNO3S2Si. The standard InChI is InChI=1S/C25H28ClNO3S2Si/c1-17(22(31)27-23-21(24(28)29-5)20(26)16-32-23)30-33(25(2,3)4,18-12-8-6-9-13-18)19-14-10-7-11-15-19/h6-17H,1-5H3,(H,27,31). The monoisotopic (exact) mass is 517 g/mol. The molecule has 0 bridgehead atoms. The Bertz CT molecular complexity index is 1070. The average molecular weight is 518 g/mol. The van der Waals surface area contributed by atoms with Crippen LogP contribution in [0.3, 0.4) is 0 Å². The minimum Gasteiger partial charge on any atom is -0.465 e. The highest BCUT2D eigenvalue weighted by molar-refractivity contribution is 7.80. The molecule has 1 N–H and O–H groups in total. The van der Waals surface area contributed by atoms with Crippen molar-refractivity contribution in [2.75, 3.05) is 12.4 Å². The molecule has 1 atom stereocenters. The van der Waals surface area contributed by atoms with Crippen LogP contribution < -0.4 is 15.7 Å². The number of ether oxygens (including phenoxy) is 1. The van der Waals surface area contributed by atoms with Crippen molar-refractivity contribution in [2.45, 2.75) is 38.8 Å². The van der Waals surface area contributed by atoms with Crippen molar-refractivity contribution in [3.63, 3.8) is 0 Å². The second kappa shape index (κ2) is 10.5. The average Bonchev–Trinajstić information content (AvgIpc) is 3.16. The van der Waals surface area contributed by atoms with Gasteiger partial charge in [-0.1, -0.05) is 105 Å². The lowest BCUT2D eigenvalue weighted by atomic mass is 10.2. The minimum atomic E-state index is -2.77. The lowest BCUT2D eigenvalue weighted by molar-refractivity contribution is 0.0602. The van der Waals surface area contributed by atoms with Gasteiger partial charge >= 0.3 is 5.97 Å². The maximum atomic E-state index is 12.2. The molecule has 1 heterocycles. The van der Waals surface area contributed by atoms with Gasteiger partial charge < -0.3 is 14.5 Å². The van der Waals surface area contributed by atoms with E-state index in [1.165, 1.54) is 28.8 Å². The molecule has 33 heavy (non-hydrogen) atoms. The number of thiophene rings is 1. The highest BCUT2D eigenvalue weighted by Gasteiger charge is 2.51. The van der Waals surface area contributed by atoms with Gasteiger partial charge in [-0.15, -0.1) is 11.3 Å². The maximum Gasteiger partial charge on any atom is 0.342 e. The van der Waals surface area contributed by atoms with Crippen molar-refractivity contribution < 1.29 is 14.0 Å². The molecular weight excluding hydrogens is 490 g/mol. The van der Waals surface area contributed by atoms with Crippen LogP contribution in [0.5, 0.6) is 0 Å². The summed E-state index contributed by atoms with van der Waals surface area (Å²) in [5.41, 5.74) is 0.282. The number of nitrogens with one attached hydrogen (secondary N) is 1. The fraction of sp³-hybridized carbons (Fsp3) is 0.280. The van der Waals surface area contributed by atoms with E-state index in [4.69, 9.17) is 33.0 Å². The summed E-state index contributed by atoms with van der Waals surface area (Å²) in [4.78, 5) is 12.7. The third-order valence-electron chi connectivity index (χ3n) is 5.51. The van der Waals surface area contributed by atoms with E-state index >= 15 is 0 Å². The highest BCUT2D eigenvalue weighted by Crippen LogP contribution is 2.38. The van der Waals surface area contributed by atoms with Crippen LogP contribution in [0.25, 0.3) is 0 Å². The van der Waals surface area contributed by atoms with Crippen LogP contribution in [0, 0.1) is 0 Å². The van der Waals surface area contributed by atoms with Gasteiger partial charge in [0, 0.05) is 5.38 Å². The zero-order valence-electron chi connectivity index (χ0n) is 19.3. The van der Waals surface area contributed by atoms with Crippen molar-refractivity contribution in [3.8, 4) is 0 Å². The molecule has 0 radical (unpaired) electrons. The van der Waals surface area contributed by atoms with Crippen LogP contribution in [0.4, 0.5) is 5.00 Å². The van der Waals surface area contributed by atoms with Gasteiger partial charge in [0.15, 0.2) is 0 Å². The van der Waals surface area contributed by atoms with E-state index < -0.39 is 20.4 Å². The first-order valence-corrected chi connectivity index (χ1v) is 14.1. The van der Waals surface area contributed by atoms with Gasteiger partial charge in [0.05, 0.1) is 18.2 Å². The molecule has 0 spiro atoms. The molecule has 8 heteroatoms. The molecule has 0 aliphatic heterocycles. The van der Waals surface area contributed by atoms with E-state index in [0.29, 0.717) is 15.0 Å². The molecule has 3 rings (SSSR count). The number of thiocarbonyl (C=S) groups is 1. The molecule has 0 saturated carbocycles. The molecule has 1 unspecified atom stereocenters. The van der Waals surface area contributed by atoms with Gasteiger partial charge in [-0.2, -0.15) is 0 Å². The molecule has 0 amide bonds. The smallest absolute Gasteiger partial charge is 0.342 e. The Morgan fingerprint density at radius 2 is 1.58 bits per heavy atom. The van der Waals surface area contributed by atoms with Crippen LogP contribution in [0.15, 0.2) is 66.0 Å². The zero-order valence-corrected chi connectivity index (χ0v) is 22.7. The number of rotatable bonds is 7. The molecule has 0 saturated heterocycles. The molecule has 0 aliphatic rings. The second-order valence-electron chi connectivity index (χ2n) is 8.69. The Morgan fingerprint density at radius 3 is 2.03 bits per heavy atom. The van der Waals surface area contributed by atoms with E-state index in [1.54, 1.807) is 5.38 Å². The number of esters is 1. The van der Waals surface area contributed by atoms with Crippen LogP contribution in [-0.2, 0) is 9.16 Å². The van der Waals surface area contributed by atoms with Gasteiger partial charge in [0.1, 0.15) is 15.6 Å². The Kier molecular flexibility index (Phi) is 8.13. The van der Waals surface area contributed by atoms with E-state index in [1.807, 2.05) is 43.3 Å². The normalized spacial score (nSPS) is 12.8. The van der Waals surface area contributed by atoms with Gasteiger partial charge in [0.2, 0.25) is 0 Å². The van der Waals surface area contributed by atoms with E-state index in [9.17, 15) is 4.79 Å². The molecule has 2 aromatic carbocycles. The predicted octanol–water partition coefficient (Wildman–Crippen LogP) is 5.89. The summed E-state index contributed by atoms with van der Waals surface area (Å²) < 4.78 is 11.9. The molecule has 174 valence electrons. The van der Waals surface area contributed by atoms with Gasteiger partial charge in [-0.05, 0) is 22.3 Å². The fourth-order valence-corrected chi connectivity index (χ4v) is 10.1. The van der Waals surface area contributed by atoms with Crippen molar-refractivity contribution in [1.29, 1.82) is 0 Å². The van der Waals surface area contributed by atoms with Gasteiger partial charge in [0.25, 0.3) is 8.32 Å². The lowest BCUT2D eigenvalue weighted by Gasteiger charge is -2.44. The number of hydrogen-bond acceptors (Lipinski definition) is 5. The summed E-state index contributed by atoms with van der Waals surface area (Å²) in [7, 11) is -1.44. The molecule has 0 fully saturated rings. The number of anilines is 1. The van der Waals surface area contributed by atoms with Crippen molar-refractivity contribution >= 4 is 69.8 Å². The summed E-state index contributed by atoms with van der Waals surface area (Å²) in [5, 5.41) is 7.92. The Labute approximate surface area is 211 Å². The van der Waals surface area contributed by atoms with E-state index in [-0.39, 0.29) is 10.6 Å². The van der Waals surface area contributed by atoms with Crippen LogP contribution in [0.2, 0.25) is 10.1 Å². The van der Waals surface area contributed by atoms with Crippen molar-refractivity contribution in [2.24, 2.45) is 0 Å². The Hall–Kier alpha value is -2.03. The highest BCUT2D eigenvalue weighted by atomic mass is 35.5. The number of benzene rings is 2. The first-order chi connectivity index (χ1) is 15.6. The van der Waals surface area contributed by atoms with Crippen molar-refractivity contribution in [3.05, 3.63) is 76.6 Å². The van der Waals surface area contributed by atoms with Crippen LogP contribution in [-0.4, -0.2) is 32.5 Å². The zero-order chi connectivity index (χ0) is 24.2. The summed E-state index contributed by atoms with van der Waals surface area (Å²) in [6, 6.07) is 20.8.